The molecule has 5 nitrogen and oxygen atoms in total. The zero-order chi connectivity index (χ0) is 19.4. The fraction of sp³-hybridized carbons (Fsp3) is 0.211. The number of carbonyl (C=O) groups is 1. The van der Waals surface area contributed by atoms with Crippen LogP contribution in [0.3, 0.4) is 0 Å². The van der Waals surface area contributed by atoms with Crippen molar-refractivity contribution in [1.29, 1.82) is 0 Å². The van der Waals surface area contributed by atoms with E-state index in [4.69, 9.17) is 4.84 Å². The van der Waals surface area contributed by atoms with Crippen molar-refractivity contribution in [2.45, 2.75) is 18.2 Å². The predicted molar refractivity (Wildman–Crippen MR) is 101 cm³/mol. The number of benzene rings is 2. The molecule has 0 aliphatic rings. The van der Waals surface area contributed by atoms with Crippen LogP contribution in [-0.4, -0.2) is 28.6 Å². The minimum Gasteiger partial charge on any atom is -0.288 e. The van der Waals surface area contributed by atoms with E-state index < -0.39 is 17.4 Å². The maximum absolute atomic E-state index is 15.0. The molecule has 0 atom stereocenters. The number of ketones is 1. The minimum atomic E-state index is -0.860. The molecule has 1 heterocycles. The Morgan fingerprint density at radius 3 is 2.63 bits per heavy atom. The average molecular weight is 389 g/mol. The summed E-state index contributed by atoms with van der Waals surface area (Å²) in [5.41, 5.74) is 3.12. The van der Waals surface area contributed by atoms with Gasteiger partial charge in [-0.1, -0.05) is 6.92 Å². The molecule has 0 saturated carbocycles. The molecule has 1 N–H and O–H groups in total. The Kier molecular flexibility index (Phi) is 5.98. The van der Waals surface area contributed by atoms with Crippen LogP contribution in [0.1, 0.15) is 29.3 Å². The van der Waals surface area contributed by atoms with Gasteiger partial charge in [-0.25, -0.2) is 8.78 Å². The number of carbonyl (C=O) groups excluding carboxylic acids is 1. The Hall–Kier alpha value is -2.58. The first-order valence-electron chi connectivity index (χ1n) is 8.26. The van der Waals surface area contributed by atoms with E-state index in [1.807, 2.05) is 6.92 Å². The molecule has 0 unspecified atom stereocenters. The van der Waals surface area contributed by atoms with Crippen LogP contribution in [0, 0.1) is 11.6 Å². The summed E-state index contributed by atoms with van der Waals surface area (Å²) >= 11 is 0.967. The lowest BCUT2D eigenvalue weighted by atomic mass is 10.0. The molecule has 27 heavy (non-hydrogen) atoms. The smallest absolute Gasteiger partial charge is 0.197 e. The molecule has 0 aliphatic carbocycles. The van der Waals surface area contributed by atoms with Gasteiger partial charge in [0.1, 0.15) is 5.82 Å². The molecule has 0 spiro atoms. The first kappa shape index (κ1) is 19.2. The number of fused-ring (bicyclic) bond motifs is 1. The van der Waals surface area contributed by atoms with Gasteiger partial charge < -0.3 is 0 Å². The Bertz CT molecular complexity index is 998. The number of thioether (sulfide) groups is 1. The number of hydrogen-bond donors (Lipinski definition) is 1. The summed E-state index contributed by atoms with van der Waals surface area (Å²) < 4.78 is 29.5. The second-order valence-corrected chi connectivity index (χ2v) is 6.48. The van der Waals surface area contributed by atoms with Crippen LogP contribution in [0.4, 0.5) is 14.5 Å². The summed E-state index contributed by atoms with van der Waals surface area (Å²) in [4.78, 5) is 26.3. The molecule has 3 rings (SSSR count). The lowest BCUT2D eigenvalue weighted by molar-refractivity contribution is 0.103. The van der Waals surface area contributed by atoms with E-state index >= 15 is 4.39 Å². The molecule has 2 aromatic carbocycles. The van der Waals surface area contributed by atoms with Gasteiger partial charge in [0.25, 0.3) is 0 Å². The zero-order valence-corrected chi connectivity index (χ0v) is 15.6. The highest BCUT2D eigenvalue weighted by Gasteiger charge is 2.25. The van der Waals surface area contributed by atoms with E-state index in [0.29, 0.717) is 24.1 Å². The van der Waals surface area contributed by atoms with Crippen molar-refractivity contribution >= 4 is 34.3 Å². The molecule has 8 heteroatoms. The van der Waals surface area contributed by atoms with Crippen molar-refractivity contribution in [3.63, 3.8) is 0 Å². The molecule has 0 aliphatic heterocycles. The van der Waals surface area contributed by atoms with Crippen molar-refractivity contribution < 1.29 is 18.4 Å². The van der Waals surface area contributed by atoms with E-state index in [1.165, 1.54) is 24.5 Å². The molecule has 1 aromatic heterocycles. The Morgan fingerprint density at radius 2 is 1.93 bits per heavy atom. The molecular weight excluding hydrogens is 372 g/mol. The molecule has 0 saturated heterocycles. The van der Waals surface area contributed by atoms with E-state index in [-0.39, 0.29) is 21.7 Å². The third kappa shape index (κ3) is 3.91. The van der Waals surface area contributed by atoms with Gasteiger partial charge in [-0.2, -0.15) is 0 Å². The van der Waals surface area contributed by atoms with Crippen molar-refractivity contribution in [2.24, 2.45) is 0 Å². The third-order valence-corrected chi connectivity index (χ3v) is 4.63. The lowest BCUT2D eigenvalue weighted by Gasteiger charge is -2.14. The Balaban J connectivity index is 2.08. The van der Waals surface area contributed by atoms with Crippen LogP contribution in [0.15, 0.2) is 41.6 Å². The first-order chi connectivity index (χ1) is 13.1. The summed E-state index contributed by atoms with van der Waals surface area (Å²) in [6.45, 7) is 2.20. The van der Waals surface area contributed by atoms with E-state index in [2.05, 4.69) is 15.4 Å². The van der Waals surface area contributed by atoms with Gasteiger partial charge in [0, 0.05) is 24.0 Å². The van der Waals surface area contributed by atoms with Crippen molar-refractivity contribution in [3.8, 4) is 0 Å². The molecule has 0 bridgehead atoms. The fourth-order valence-electron chi connectivity index (χ4n) is 2.57. The van der Waals surface area contributed by atoms with Crippen LogP contribution in [0.2, 0.25) is 0 Å². The summed E-state index contributed by atoms with van der Waals surface area (Å²) in [6.07, 6.45) is 5.32. The number of halogens is 2. The maximum atomic E-state index is 15.0. The average Bonchev–Trinajstić information content (AvgIpc) is 2.69. The highest BCUT2D eigenvalue weighted by molar-refractivity contribution is 7.98. The Morgan fingerprint density at radius 1 is 1.19 bits per heavy atom. The Labute approximate surface area is 159 Å². The quantitative estimate of drug-likeness (QED) is 0.275. The maximum Gasteiger partial charge on any atom is 0.197 e. The number of rotatable bonds is 7. The standard InChI is InChI=1S/C19H17F2N3O2S/c1-3-8-26-24-15-10-12(20)19(27-2)16(17(15)21)18(25)11-4-5-13-14(9-11)23-7-6-22-13/h4-7,9-10,24H,3,8H2,1-2H3. The number of nitrogens with one attached hydrogen (secondary N) is 1. The van der Waals surface area contributed by atoms with Gasteiger partial charge in [-0.3, -0.25) is 25.1 Å². The molecular formula is C19H17F2N3O2S. The van der Waals surface area contributed by atoms with Crippen molar-refractivity contribution in [3.05, 3.63) is 59.4 Å². The minimum absolute atomic E-state index is 0.0576. The molecule has 0 fully saturated rings. The lowest BCUT2D eigenvalue weighted by Crippen LogP contribution is -2.12. The van der Waals surface area contributed by atoms with Gasteiger partial charge in [0.15, 0.2) is 11.6 Å². The van der Waals surface area contributed by atoms with Gasteiger partial charge in [0.05, 0.1) is 33.8 Å². The monoisotopic (exact) mass is 389 g/mol. The number of anilines is 1. The molecule has 140 valence electrons. The molecule has 3 aromatic rings. The van der Waals surface area contributed by atoms with Crippen LogP contribution in [0.25, 0.3) is 11.0 Å². The molecule has 0 radical (unpaired) electrons. The third-order valence-electron chi connectivity index (χ3n) is 3.82. The second-order valence-electron chi connectivity index (χ2n) is 5.67. The van der Waals surface area contributed by atoms with Crippen molar-refractivity contribution in [2.75, 3.05) is 18.3 Å². The SMILES string of the molecule is CCCONc1cc(F)c(SC)c(C(=O)c2ccc3nccnc3c2)c1F. The summed E-state index contributed by atoms with van der Waals surface area (Å²) in [5, 5.41) is 0. The largest absolute Gasteiger partial charge is 0.288 e. The van der Waals surface area contributed by atoms with Gasteiger partial charge in [0.2, 0.25) is 0 Å². The van der Waals surface area contributed by atoms with Crippen LogP contribution >= 0.6 is 11.8 Å². The van der Waals surface area contributed by atoms with Crippen molar-refractivity contribution in [1.82, 2.24) is 9.97 Å². The van der Waals surface area contributed by atoms with E-state index in [1.54, 1.807) is 12.3 Å². The van der Waals surface area contributed by atoms with Gasteiger partial charge in [-0.15, -0.1) is 11.8 Å². The van der Waals surface area contributed by atoms with E-state index in [0.717, 1.165) is 17.8 Å². The van der Waals surface area contributed by atoms with Crippen LogP contribution in [-0.2, 0) is 4.84 Å². The van der Waals surface area contributed by atoms with Gasteiger partial charge in [-0.05, 0) is 30.9 Å². The van der Waals surface area contributed by atoms with Gasteiger partial charge >= 0.3 is 0 Å². The summed E-state index contributed by atoms with van der Waals surface area (Å²) in [7, 11) is 0. The van der Waals surface area contributed by atoms with E-state index in [9.17, 15) is 9.18 Å². The topological polar surface area (TPSA) is 64.1 Å². The molecule has 0 amide bonds. The van der Waals surface area contributed by atoms with Crippen LogP contribution in [0.5, 0.6) is 0 Å². The number of aromatic nitrogens is 2. The highest BCUT2D eigenvalue weighted by atomic mass is 32.2. The number of nitrogens with zero attached hydrogens (tertiary/aromatic N) is 2. The summed E-state index contributed by atoms with van der Waals surface area (Å²) in [6, 6.07) is 5.64. The second kappa shape index (κ2) is 8.41. The normalized spacial score (nSPS) is 11.0. The highest BCUT2D eigenvalue weighted by Crippen LogP contribution is 2.33. The predicted octanol–water partition coefficient (Wildman–Crippen LogP) is 4.61. The zero-order valence-electron chi connectivity index (χ0n) is 14.8. The van der Waals surface area contributed by atoms with Crippen LogP contribution < -0.4 is 5.48 Å². The number of hydrogen-bond acceptors (Lipinski definition) is 6. The fourth-order valence-corrected chi connectivity index (χ4v) is 3.21. The summed E-state index contributed by atoms with van der Waals surface area (Å²) in [5.74, 6) is -2.20. The first-order valence-corrected chi connectivity index (χ1v) is 9.48.